The van der Waals surface area contributed by atoms with Crippen LogP contribution < -0.4 is 10.6 Å². The van der Waals surface area contributed by atoms with E-state index in [0.717, 1.165) is 17.8 Å². The normalized spacial score (nSPS) is 12.9. The first-order valence-corrected chi connectivity index (χ1v) is 5.45. The second-order valence-electron chi connectivity index (χ2n) is 3.95. The van der Waals surface area contributed by atoms with E-state index in [0.29, 0.717) is 12.6 Å². The molecule has 0 spiro atoms. The second kappa shape index (κ2) is 4.49. The molecule has 0 aliphatic rings. The fourth-order valence-electron chi connectivity index (χ4n) is 1.76. The number of rotatable bonds is 4. The Balaban J connectivity index is 2.35. The van der Waals surface area contributed by atoms with E-state index >= 15 is 0 Å². The van der Waals surface area contributed by atoms with Crippen LogP contribution in [0.15, 0.2) is 24.7 Å². The van der Waals surface area contributed by atoms with Gasteiger partial charge in [0.2, 0.25) is 0 Å². The molecule has 0 bridgehead atoms. The summed E-state index contributed by atoms with van der Waals surface area (Å²) < 4.78 is 1.83. The van der Waals surface area contributed by atoms with Crippen molar-refractivity contribution < 1.29 is 0 Å². The van der Waals surface area contributed by atoms with Crippen LogP contribution in [0.5, 0.6) is 0 Å². The zero-order valence-corrected chi connectivity index (χ0v) is 9.67. The molecule has 0 aliphatic carbocycles. The van der Waals surface area contributed by atoms with Crippen molar-refractivity contribution in [3.63, 3.8) is 0 Å². The summed E-state index contributed by atoms with van der Waals surface area (Å²) in [4.78, 5) is 6.55. The van der Waals surface area contributed by atoms with Crippen molar-refractivity contribution in [3.8, 4) is 0 Å². The Hall–Kier alpha value is -1.62. The summed E-state index contributed by atoms with van der Waals surface area (Å²) in [5.74, 6) is 0.945. The van der Waals surface area contributed by atoms with Crippen LogP contribution in [0.1, 0.15) is 13.3 Å². The standard InChI is InChI=1S/C11H17N5/c1-9(3-5-12)15(2)11-10-4-6-14-16(10)8-7-13-11/h4,6-9H,3,5,12H2,1-2H3. The quantitative estimate of drug-likeness (QED) is 0.830. The van der Waals surface area contributed by atoms with Gasteiger partial charge in [-0.3, -0.25) is 0 Å². The van der Waals surface area contributed by atoms with Gasteiger partial charge in [-0.1, -0.05) is 0 Å². The molecule has 2 N–H and O–H groups in total. The Kier molecular flexibility index (Phi) is 3.05. The molecule has 2 rings (SSSR count). The molecule has 5 heteroatoms. The number of anilines is 1. The van der Waals surface area contributed by atoms with Gasteiger partial charge in [-0.25, -0.2) is 9.50 Å². The Bertz CT molecular complexity index is 464. The van der Waals surface area contributed by atoms with Crippen LogP contribution in [0.2, 0.25) is 0 Å². The van der Waals surface area contributed by atoms with E-state index in [1.54, 1.807) is 12.4 Å². The molecule has 16 heavy (non-hydrogen) atoms. The Labute approximate surface area is 94.9 Å². The number of hydrogen-bond acceptors (Lipinski definition) is 4. The van der Waals surface area contributed by atoms with Gasteiger partial charge in [-0.15, -0.1) is 0 Å². The molecule has 0 aliphatic heterocycles. The molecule has 0 fully saturated rings. The summed E-state index contributed by atoms with van der Waals surface area (Å²) in [7, 11) is 2.04. The van der Waals surface area contributed by atoms with Crippen molar-refractivity contribution in [2.24, 2.45) is 5.73 Å². The van der Waals surface area contributed by atoms with Crippen molar-refractivity contribution in [2.75, 3.05) is 18.5 Å². The van der Waals surface area contributed by atoms with E-state index in [1.807, 2.05) is 23.8 Å². The highest BCUT2D eigenvalue weighted by molar-refractivity contribution is 5.68. The highest BCUT2D eigenvalue weighted by Crippen LogP contribution is 2.19. The summed E-state index contributed by atoms with van der Waals surface area (Å²) in [6, 6.07) is 2.34. The number of fused-ring (bicyclic) bond motifs is 1. The van der Waals surface area contributed by atoms with Crippen LogP contribution in [0.3, 0.4) is 0 Å². The summed E-state index contributed by atoms with van der Waals surface area (Å²) >= 11 is 0. The molecule has 2 aromatic rings. The first-order valence-electron chi connectivity index (χ1n) is 5.45. The van der Waals surface area contributed by atoms with Gasteiger partial charge < -0.3 is 10.6 Å². The highest BCUT2D eigenvalue weighted by Gasteiger charge is 2.13. The van der Waals surface area contributed by atoms with Crippen LogP contribution in [0.4, 0.5) is 5.82 Å². The van der Waals surface area contributed by atoms with Gasteiger partial charge in [0.05, 0.1) is 6.20 Å². The highest BCUT2D eigenvalue weighted by atomic mass is 15.3. The van der Waals surface area contributed by atoms with Gasteiger partial charge in [0.15, 0.2) is 5.82 Å². The SMILES string of the molecule is CC(CCN)N(C)c1nccn2nccc12. The number of aromatic nitrogens is 3. The van der Waals surface area contributed by atoms with Crippen LogP contribution in [-0.4, -0.2) is 34.2 Å². The van der Waals surface area contributed by atoms with Crippen LogP contribution in [0.25, 0.3) is 5.52 Å². The molecule has 2 aromatic heterocycles. The van der Waals surface area contributed by atoms with Crippen LogP contribution in [-0.2, 0) is 0 Å². The molecule has 0 amide bonds. The van der Waals surface area contributed by atoms with Gasteiger partial charge in [0, 0.05) is 25.5 Å². The lowest BCUT2D eigenvalue weighted by atomic mass is 10.2. The summed E-state index contributed by atoms with van der Waals surface area (Å²) in [6.07, 6.45) is 6.34. The van der Waals surface area contributed by atoms with Crippen molar-refractivity contribution in [1.29, 1.82) is 0 Å². The Morgan fingerprint density at radius 2 is 2.31 bits per heavy atom. The first kappa shape index (κ1) is 10.9. The fourth-order valence-corrected chi connectivity index (χ4v) is 1.76. The molecular formula is C11H17N5. The monoisotopic (exact) mass is 219 g/mol. The predicted molar refractivity (Wildman–Crippen MR) is 64.5 cm³/mol. The number of nitrogens with zero attached hydrogens (tertiary/aromatic N) is 4. The third-order valence-electron chi connectivity index (χ3n) is 2.88. The van der Waals surface area contributed by atoms with Gasteiger partial charge >= 0.3 is 0 Å². The molecule has 5 nitrogen and oxygen atoms in total. The number of hydrogen-bond donors (Lipinski definition) is 1. The largest absolute Gasteiger partial charge is 0.355 e. The van der Waals surface area contributed by atoms with Crippen molar-refractivity contribution in [2.45, 2.75) is 19.4 Å². The topological polar surface area (TPSA) is 59.5 Å². The minimum atomic E-state index is 0.374. The molecule has 86 valence electrons. The van der Waals surface area contributed by atoms with E-state index in [-0.39, 0.29) is 0 Å². The van der Waals surface area contributed by atoms with Gasteiger partial charge in [0.1, 0.15) is 5.52 Å². The first-order chi connectivity index (χ1) is 7.74. The second-order valence-corrected chi connectivity index (χ2v) is 3.95. The van der Waals surface area contributed by atoms with Crippen molar-refractivity contribution in [1.82, 2.24) is 14.6 Å². The Morgan fingerprint density at radius 1 is 1.50 bits per heavy atom. The summed E-state index contributed by atoms with van der Waals surface area (Å²) in [5, 5.41) is 4.19. The maximum atomic E-state index is 5.57. The maximum Gasteiger partial charge on any atom is 0.154 e. The van der Waals surface area contributed by atoms with E-state index in [1.165, 1.54) is 0 Å². The summed E-state index contributed by atoms with van der Waals surface area (Å²) in [5.41, 5.74) is 6.60. The average molecular weight is 219 g/mol. The summed E-state index contributed by atoms with van der Waals surface area (Å²) in [6.45, 7) is 2.84. The lowest BCUT2D eigenvalue weighted by Gasteiger charge is -2.25. The minimum absolute atomic E-state index is 0.374. The van der Waals surface area contributed by atoms with E-state index < -0.39 is 0 Å². The molecule has 1 unspecified atom stereocenters. The Morgan fingerprint density at radius 3 is 3.06 bits per heavy atom. The minimum Gasteiger partial charge on any atom is -0.355 e. The molecule has 0 saturated carbocycles. The maximum absolute atomic E-state index is 5.57. The van der Waals surface area contributed by atoms with Gasteiger partial charge in [0.25, 0.3) is 0 Å². The van der Waals surface area contributed by atoms with Crippen molar-refractivity contribution in [3.05, 3.63) is 24.7 Å². The van der Waals surface area contributed by atoms with Crippen molar-refractivity contribution >= 4 is 11.3 Å². The molecular weight excluding hydrogens is 202 g/mol. The molecule has 0 aromatic carbocycles. The zero-order valence-electron chi connectivity index (χ0n) is 9.67. The van der Waals surface area contributed by atoms with Crippen LogP contribution in [0, 0.1) is 0 Å². The number of nitrogens with two attached hydrogens (primary N) is 1. The lowest BCUT2D eigenvalue weighted by Crippen LogP contribution is -2.31. The van der Waals surface area contributed by atoms with E-state index in [9.17, 15) is 0 Å². The molecule has 0 radical (unpaired) electrons. The molecule has 1 atom stereocenters. The molecule has 2 heterocycles. The predicted octanol–water partition coefficient (Wildman–Crippen LogP) is 0.903. The van der Waals surface area contributed by atoms with Gasteiger partial charge in [-0.05, 0) is 26.0 Å². The zero-order chi connectivity index (χ0) is 11.5. The van der Waals surface area contributed by atoms with Crippen LogP contribution >= 0.6 is 0 Å². The fraction of sp³-hybridized carbons (Fsp3) is 0.455. The van der Waals surface area contributed by atoms with Gasteiger partial charge in [-0.2, -0.15) is 5.10 Å². The molecule has 0 saturated heterocycles. The smallest absolute Gasteiger partial charge is 0.154 e. The van der Waals surface area contributed by atoms with E-state index in [4.69, 9.17) is 5.73 Å². The van der Waals surface area contributed by atoms with E-state index in [2.05, 4.69) is 21.9 Å². The third-order valence-corrected chi connectivity index (χ3v) is 2.88. The average Bonchev–Trinajstić information content (AvgIpc) is 2.76. The lowest BCUT2D eigenvalue weighted by molar-refractivity contribution is 0.630. The third kappa shape index (κ3) is 1.86.